The second-order valence-corrected chi connectivity index (χ2v) is 5.38. The molecule has 0 aromatic carbocycles. The van der Waals surface area contributed by atoms with Crippen LogP contribution in [0.2, 0.25) is 0 Å². The molecule has 0 radical (unpaired) electrons. The lowest BCUT2D eigenvalue weighted by molar-refractivity contribution is -0.154. The fraction of sp³-hybridized carbons (Fsp3) is 0.438. The van der Waals surface area contributed by atoms with Gasteiger partial charge in [-0.05, 0) is 24.1 Å². The van der Waals surface area contributed by atoms with Gasteiger partial charge in [0.15, 0.2) is 12.6 Å². The molecule has 7 nitrogen and oxygen atoms in total. The van der Waals surface area contributed by atoms with Crippen LogP contribution in [0.1, 0.15) is 12.0 Å². The maximum Gasteiger partial charge on any atom is 0.422 e. The molecule has 0 spiro atoms. The summed E-state index contributed by atoms with van der Waals surface area (Å²) < 4.78 is 43.0. The van der Waals surface area contributed by atoms with Gasteiger partial charge in [0.2, 0.25) is 5.88 Å². The molecule has 0 aliphatic heterocycles. The van der Waals surface area contributed by atoms with Crippen LogP contribution >= 0.6 is 24.0 Å². The van der Waals surface area contributed by atoms with Crippen LogP contribution in [0, 0.1) is 0 Å². The van der Waals surface area contributed by atoms with Gasteiger partial charge in [0, 0.05) is 51.3 Å². The van der Waals surface area contributed by atoms with Gasteiger partial charge < -0.3 is 15.4 Å². The molecule has 0 fully saturated rings. The molecular formula is C16H22F3IN6O. The van der Waals surface area contributed by atoms with Crippen molar-refractivity contribution in [2.45, 2.75) is 25.7 Å². The Kier molecular flexibility index (Phi) is 9.89. The van der Waals surface area contributed by atoms with Gasteiger partial charge in [0.05, 0.1) is 0 Å². The Labute approximate surface area is 172 Å². The van der Waals surface area contributed by atoms with Crippen molar-refractivity contribution in [2.24, 2.45) is 4.99 Å². The molecule has 0 saturated heterocycles. The Hall–Kier alpha value is -2.05. The van der Waals surface area contributed by atoms with Gasteiger partial charge in [0.1, 0.15) is 0 Å². The van der Waals surface area contributed by atoms with E-state index in [2.05, 4.69) is 30.4 Å². The topological polar surface area (TPSA) is 76.4 Å². The van der Waals surface area contributed by atoms with Crippen molar-refractivity contribution in [1.82, 2.24) is 25.4 Å². The fourth-order valence-electron chi connectivity index (χ4n) is 2.08. The van der Waals surface area contributed by atoms with E-state index in [1.165, 1.54) is 12.3 Å². The zero-order valence-electron chi connectivity index (χ0n) is 14.7. The average Bonchev–Trinajstić information content (AvgIpc) is 3.12. The molecule has 2 rings (SSSR count). The molecule has 2 heterocycles. The van der Waals surface area contributed by atoms with Crippen molar-refractivity contribution in [1.29, 1.82) is 0 Å². The monoisotopic (exact) mass is 498 g/mol. The third kappa shape index (κ3) is 9.45. The summed E-state index contributed by atoms with van der Waals surface area (Å²) in [5.74, 6) is 0.531. The van der Waals surface area contributed by atoms with Gasteiger partial charge in [-0.3, -0.25) is 9.67 Å². The summed E-state index contributed by atoms with van der Waals surface area (Å²) in [4.78, 5) is 7.88. The lowest BCUT2D eigenvalue weighted by Crippen LogP contribution is -2.37. The van der Waals surface area contributed by atoms with Gasteiger partial charge in [-0.1, -0.05) is 0 Å². The van der Waals surface area contributed by atoms with Crippen LogP contribution in [0.3, 0.4) is 0 Å². The Morgan fingerprint density at radius 3 is 2.78 bits per heavy atom. The van der Waals surface area contributed by atoms with E-state index in [-0.39, 0.29) is 29.9 Å². The van der Waals surface area contributed by atoms with E-state index < -0.39 is 12.8 Å². The van der Waals surface area contributed by atoms with E-state index in [0.29, 0.717) is 19.0 Å². The largest absolute Gasteiger partial charge is 0.468 e. The molecule has 0 saturated carbocycles. The molecule has 0 atom stereocenters. The van der Waals surface area contributed by atoms with Crippen LogP contribution in [0.4, 0.5) is 13.2 Å². The smallest absolute Gasteiger partial charge is 0.422 e. The first-order chi connectivity index (χ1) is 12.5. The van der Waals surface area contributed by atoms with Gasteiger partial charge >= 0.3 is 6.18 Å². The van der Waals surface area contributed by atoms with E-state index in [0.717, 1.165) is 18.5 Å². The summed E-state index contributed by atoms with van der Waals surface area (Å²) in [6, 6.07) is 5.03. The predicted molar refractivity (Wildman–Crippen MR) is 106 cm³/mol. The molecule has 0 aliphatic rings. The number of alkyl halides is 3. The lowest BCUT2D eigenvalue weighted by Gasteiger charge is -2.13. The average molecular weight is 498 g/mol. The van der Waals surface area contributed by atoms with Crippen LogP contribution < -0.4 is 15.4 Å². The normalized spacial score (nSPS) is 11.6. The van der Waals surface area contributed by atoms with Crippen molar-refractivity contribution < 1.29 is 17.9 Å². The summed E-state index contributed by atoms with van der Waals surface area (Å²) in [5, 5.41) is 10.4. The lowest BCUT2D eigenvalue weighted by atomic mass is 10.2. The third-order valence-electron chi connectivity index (χ3n) is 3.28. The van der Waals surface area contributed by atoms with Crippen molar-refractivity contribution in [3.63, 3.8) is 0 Å². The molecule has 0 amide bonds. The van der Waals surface area contributed by atoms with E-state index in [9.17, 15) is 13.2 Å². The molecule has 0 aliphatic carbocycles. The van der Waals surface area contributed by atoms with Crippen LogP contribution in [-0.2, 0) is 13.1 Å². The van der Waals surface area contributed by atoms with Gasteiger partial charge in [-0.15, -0.1) is 24.0 Å². The summed E-state index contributed by atoms with van der Waals surface area (Å²) in [6.45, 7) is 0.511. The van der Waals surface area contributed by atoms with E-state index in [4.69, 9.17) is 0 Å². The summed E-state index contributed by atoms with van der Waals surface area (Å²) >= 11 is 0. The highest BCUT2D eigenvalue weighted by Crippen LogP contribution is 2.17. The Morgan fingerprint density at radius 2 is 2.11 bits per heavy atom. The first-order valence-electron chi connectivity index (χ1n) is 8.03. The number of rotatable bonds is 8. The zero-order chi connectivity index (χ0) is 18.8. The van der Waals surface area contributed by atoms with E-state index in [1.54, 1.807) is 19.3 Å². The first kappa shape index (κ1) is 23.0. The van der Waals surface area contributed by atoms with Crippen LogP contribution in [0.25, 0.3) is 0 Å². The number of hydrogen-bond donors (Lipinski definition) is 2. The molecule has 2 aromatic rings. The molecule has 27 heavy (non-hydrogen) atoms. The number of nitrogens with one attached hydrogen (secondary N) is 2. The first-order valence-corrected chi connectivity index (χ1v) is 8.03. The van der Waals surface area contributed by atoms with Gasteiger partial charge in [-0.2, -0.15) is 18.3 Å². The van der Waals surface area contributed by atoms with Crippen molar-refractivity contribution >= 4 is 29.9 Å². The van der Waals surface area contributed by atoms with Gasteiger partial charge in [-0.25, -0.2) is 4.98 Å². The zero-order valence-corrected chi connectivity index (χ0v) is 17.1. The highest BCUT2D eigenvalue weighted by molar-refractivity contribution is 14.0. The quantitative estimate of drug-likeness (QED) is 0.254. The standard InChI is InChI=1S/C16H21F3N6O.HI/c1-20-15(22-5-2-8-25-9-3-6-24-25)23-11-13-4-7-21-14(10-13)26-12-16(17,18)19;/h3-4,6-7,9-10H,2,5,8,11-12H2,1H3,(H2,20,22,23);1H. The van der Waals surface area contributed by atoms with E-state index >= 15 is 0 Å². The summed E-state index contributed by atoms with van der Waals surface area (Å²) in [7, 11) is 1.65. The van der Waals surface area contributed by atoms with E-state index in [1.807, 2.05) is 16.9 Å². The highest BCUT2D eigenvalue weighted by Gasteiger charge is 2.28. The number of nitrogens with zero attached hydrogens (tertiary/aromatic N) is 4. The summed E-state index contributed by atoms with van der Waals surface area (Å²) in [5.41, 5.74) is 0.733. The molecule has 0 unspecified atom stereocenters. The summed E-state index contributed by atoms with van der Waals surface area (Å²) in [6.07, 6.45) is 1.51. The number of pyridine rings is 1. The molecule has 0 bridgehead atoms. The molecule has 150 valence electrons. The Bertz CT molecular complexity index is 694. The van der Waals surface area contributed by atoms with Crippen LogP contribution in [0.5, 0.6) is 5.88 Å². The second-order valence-electron chi connectivity index (χ2n) is 5.38. The minimum absolute atomic E-state index is 0. The number of aromatic nitrogens is 3. The van der Waals surface area contributed by atoms with Crippen LogP contribution in [0.15, 0.2) is 41.8 Å². The minimum atomic E-state index is -4.39. The van der Waals surface area contributed by atoms with Gasteiger partial charge in [0.25, 0.3) is 0 Å². The number of guanidine groups is 1. The molecular weight excluding hydrogens is 476 g/mol. The van der Waals surface area contributed by atoms with Crippen molar-refractivity contribution in [3.05, 3.63) is 42.4 Å². The fourth-order valence-corrected chi connectivity index (χ4v) is 2.08. The Balaban J connectivity index is 0.00000364. The third-order valence-corrected chi connectivity index (χ3v) is 3.28. The minimum Gasteiger partial charge on any atom is -0.468 e. The molecule has 2 N–H and O–H groups in total. The number of hydrogen-bond acceptors (Lipinski definition) is 4. The molecule has 11 heteroatoms. The Morgan fingerprint density at radius 1 is 1.30 bits per heavy atom. The number of ether oxygens (including phenoxy) is 1. The number of aliphatic imine (C=N–C) groups is 1. The second kappa shape index (κ2) is 11.6. The van der Waals surface area contributed by atoms with Crippen molar-refractivity contribution in [2.75, 3.05) is 20.2 Å². The maximum atomic E-state index is 12.2. The van der Waals surface area contributed by atoms with Crippen LogP contribution in [-0.4, -0.2) is 47.1 Å². The maximum absolute atomic E-state index is 12.2. The number of aryl methyl sites for hydroxylation is 1. The van der Waals surface area contributed by atoms with Crippen molar-refractivity contribution in [3.8, 4) is 5.88 Å². The number of halogens is 4. The SMILES string of the molecule is CN=C(NCCCn1cccn1)NCc1ccnc(OCC(F)(F)F)c1.I. The molecule has 2 aromatic heterocycles. The highest BCUT2D eigenvalue weighted by atomic mass is 127. The predicted octanol–water partition coefficient (Wildman–Crippen LogP) is 2.59.